The standard InChI is InChI=1S/C19H25N3O4S2/c1-19(2,3)14-7-5-13(6-8-14)17-20-21-18(22(17)4)27-11-16(23)26-15-9-10-28(24,25)12-15/h5-8,15H,9-12H2,1-4H3/t15-/m1/s1. The van der Waals surface area contributed by atoms with Crippen molar-refractivity contribution in [2.24, 2.45) is 7.05 Å². The van der Waals surface area contributed by atoms with E-state index in [1.807, 2.05) is 23.7 Å². The first-order chi connectivity index (χ1) is 13.0. The first-order valence-electron chi connectivity index (χ1n) is 9.08. The van der Waals surface area contributed by atoms with Gasteiger partial charge in [0.05, 0.1) is 17.3 Å². The van der Waals surface area contributed by atoms with Crippen LogP contribution in [0, 0.1) is 0 Å². The fourth-order valence-electron chi connectivity index (χ4n) is 3.01. The number of hydrogen-bond donors (Lipinski definition) is 0. The van der Waals surface area contributed by atoms with Crippen molar-refractivity contribution in [3.05, 3.63) is 29.8 Å². The SMILES string of the molecule is Cn1c(SCC(=O)O[C@@H]2CCS(=O)(=O)C2)nnc1-c1ccc(C(C)(C)C)cc1. The zero-order valence-electron chi connectivity index (χ0n) is 16.5. The molecule has 28 heavy (non-hydrogen) atoms. The molecule has 1 aliphatic rings. The molecule has 9 heteroatoms. The molecule has 7 nitrogen and oxygen atoms in total. The molecule has 2 heterocycles. The van der Waals surface area contributed by atoms with E-state index in [2.05, 4.69) is 43.1 Å². The molecule has 152 valence electrons. The van der Waals surface area contributed by atoms with Gasteiger partial charge in [-0.15, -0.1) is 10.2 Å². The predicted octanol–water partition coefficient (Wildman–Crippen LogP) is 2.60. The van der Waals surface area contributed by atoms with Crippen LogP contribution in [0.4, 0.5) is 0 Å². The number of rotatable bonds is 5. The zero-order chi connectivity index (χ0) is 20.5. The van der Waals surface area contributed by atoms with Gasteiger partial charge in [0, 0.05) is 12.6 Å². The van der Waals surface area contributed by atoms with Gasteiger partial charge in [-0.1, -0.05) is 56.8 Å². The lowest BCUT2D eigenvalue weighted by Crippen LogP contribution is -2.20. The molecule has 1 aromatic carbocycles. The minimum Gasteiger partial charge on any atom is -0.461 e. The van der Waals surface area contributed by atoms with Crippen LogP contribution in [-0.4, -0.2) is 52.5 Å². The minimum atomic E-state index is -3.07. The first kappa shape index (κ1) is 20.9. The van der Waals surface area contributed by atoms with E-state index in [4.69, 9.17) is 4.74 Å². The molecule has 1 aromatic heterocycles. The number of nitrogens with zero attached hydrogens (tertiary/aromatic N) is 3. The summed E-state index contributed by atoms with van der Waals surface area (Å²) in [6, 6.07) is 8.22. The van der Waals surface area contributed by atoms with Gasteiger partial charge in [0.1, 0.15) is 6.10 Å². The lowest BCUT2D eigenvalue weighted by molar-refractivity contribution is -0.144. The molecule has 1 atom stereocenters. The summed E-state index contributed by atoms with van der Waals surface area (Å²) in [4.78, 5) is 12.0. The van der Waals surface area contributed by atoms with E-state index >= 15 is 0 Å². The summed E-state index contributed by atoms with van der Waals surface area (Å²) in [6.45, 7) is 6.50. The molecule has 1 aliphatic heterocycles. The van der Waals surface area contributed by atoms with E-state index in [1.165, 1.54) is 17.3 Å². The van der Waals surface area contributed by atoms with Crippen molar-refractivity contribution in [3.8, 4) is 11.4 Å². The lowest BCUT2D eigenvalue weighted by Gasteiger charge is -2.19. The van der Waals surface area contributed by atoms with E-state index < -0.39 is 21.9 Å². The third-order valence-corrected chi connectivity index (χ3v) is 7.38. The van der Waals surface area contributed by atoms with Crippen LogP contribution in [-0.2, 0) is 31.8 Å². The van der Waals surface area contributed by atoms with Crippen LogP contribution in [0.5, 0.6) is 0 Å². The summed E-state index contributed by atoms with van der Waals surface area (Å²) in [5.74, 6) is 0.344. The Kier molecular flexibility index (Phi) is 5.86. The number of benzene rings is 1. The van der Waals surface area contributed by atoms with E-state index in [0.29, 0.717) is 11.6 Å². The van der Waals surface area contributed by atoms with Gasteiger partial charge < -0.3 is 9.30 Å². The Morgan fingerprint density at radius 1 is 1.25 bits per heavy atom. The topological polar surface area (TPSA) is 91.2 Å². The number of sulfone groups is 1. The number of aromatic nitrogens is 3. The maximum Gasteiger partial charge on any atom is 0.316 e. The fraction of sp³-hybridized carbons (Fsp3) is 0.526. The maximum atomic E-state index is 12.0. The molecule has 0 radical (unpaired) electrons. The summed E-state index contributed by atoms with van der Waals surface area (Å²) in [7, 11) is -1.21. The largest absolute Gasteiger partial charge is 0.461 e. The monoisotopic (exact) mass is 423 g/mol. The van der Waals surface area contributed by atoms with Crippen LogP contribution in [0.15, 0.2) is 29.4 Å². The summed E-state index contributed by atoms with van der Waals surface area (Å²) < 4.78 is 30.0. The lowest BCUT2D eigenvalue weighted by atomic mass is 9.87. The minimum absolute atomic E-state index is 0.0610. The number of esters is 1. The van der Waals surface area contributed by atoms with Crippen LogP contribution in [0.2, 0.25) is 0 Å². The molecule has 2 aromatic rings. The zero-order valence-corrected chi connectivity index (χ0v) is 18.1. The first-order valence-corrected chi connectivity index (χ1v) is 11.9. The van der Waals surface area contributed by atoms with Gasteiger partial charge in [-0.05, 0) is 17.4 Å². The predicted molar refractivity (Wildman–Crippen MR) is 109 cm³/mol. The molecule has 0 spiro atoms. The summed E-state index contributed by atoms with van der Waals surface area (Å²) in [5.41, 5.74) is 2.27. The van der Waals surface area contributed by atoms with Crippen LogP contribution >= 0.6 is 11.8 Å². The third-order valence-electron chi connectivity index (χ3n) is 4.65. The van der Waals surface area contributed by atoms with Crippen molar-refractivity contribution >= 4 is 27.6 Å². The molecule has 0 bridgehead atoms. The maximum absolute atomic E-state index is 12.0. The Balaban J connectivity index is 1.61. The Bertz CT molecular complexity index is 960. The Morgan fingerprint density at radius 2 is 1.93 bits per heavy atom. The molecular weight excluding hydrogens is 398 g/mol. The van der Waals surface area contributed by atoms with Crippen LogP contribution < -0.4 is 0 Å². The second-order valence-corrected chi connectivity index (χ2v) is 11.2. The fourth-order valence-corrected chi connectivity index (χ4v) is 5.29. The normalized spacial score (nSPS) is 18.9. The molecular formula is C19H25N3O4S2. The Morgan fingerprint density at radius 3 is 2.50 bits per heavy atom. The number of ether oxygens (including phenoxy) is 1. The second-order valence-electron chi connectivity index (χ2n) is 8.00. The number of carbonyl (C=O) groups excluding carboxylic acids is 1. The van der Waals surface area contributed by atoms with E-state index in [9.17, 15) is 13.2 Å². The van der Waals surface area contributed by atoms with Crippen LogP contribution in [0.25, 0.3) is 11.4 Å². The molecule has 0 N–H and O–H groups in total. The number of hydrogen-bond acceptors (Lipinski definition) is 7. The molecule has 3 rings (SSSR count). The smallest absolute Gasteiger partial charge is 0.316 e. The van der Waals surface area contributed by atoms with Crippen molar-refractivity contribution in [1.82, 2.24) is 14.8 Å². The van der Waals surface area contributed by atoms with Gasteiger partial charge >= 0.3 is 5.97 Å². The van der Waals surface area contributed by atoms with E-state index in [0.717, 1.165) is 11.4 Å². The van der Waals surface area contributed by atoms with Gasteiger partial charge in [0.2, 0.25) is 0 Å². The number of carbonyl (C=O) groups is 1. The average molecular weight is 424 g/mol. The van der Waals surface area contributed by atoms with Gasteiger partial charge in [-0.25, -0.2) is 8.42 Å². The van der Waals surface area contributed by atoms with Crippen molar-refractivity contribution in [2.75, 3.05) is 17.3 Å². The number of thioether (sulfide) groups is 1. The Labute approximate surface area is 169 Å². The molecule has 1 fully saturated rings. The highest BCUT2D eigenvalue weighted by Crippen LogP contribution is 2.27. The van der Waals surface area contributed by atoms with Gasteiger partial charge in [0.15, 0.2) is 20.8 Å². The van der Waals surface area contributed by atoms with E-state index in [-0.39, 0.29) is 22.7 Å². The van der Waals surface area contributed by atoms with Crippen molar-refractivity contribution in [1.29, 1.82) is 0 Å². The summed E-state index contributed by atoms with van der Waals surface area (Å²) in [6.07, 6.45) is -0.160. The highest BCUT2D eigenvalue weighted by molar-refractivity contribution is 7.99. The highest BCUT2D eigenvalue weighted by atomic mass is 32.2. The molecule has 0 amide bonds. The molecule has 0 unspecified atom stereocenters. The average Bonchev–Trinajstić information content (AvgIpc) is 3.14. The highest BCUT2D eigenvalue weighted by Gasteiger charge is 2.30. The summed E-state index contributed by atoms with van der Waals surface area (Å²) >= 11 is 1.23. The molecule has 1 saturated heterocycles. The van der Waals surface area contributed by atoms with Crippen LogP contribution in [0.1, 0.15) is 32.8 Å². The van der Waals surface area contributed by atoms with Crippen molar-refractivity contribution in [2.45, 2.75) is 43.9 Å². The summed E-state index contributed by atoms with van der Waals surface area (Å²) in [5, 5.41) is 9.00. The van der Waals surface area contributed by atoms with Gasteiger partial charge in [-0.3, -0.25) is 4.79 Å². The third kappa shape index (κ3) is 4.94. The van der Waals surface area contributed by atoms with Crippen molar-refractivity contribution in [3.63, 3.8) is 0 Å². The quantitative estimate of drug-likeness (QED) is 0.539. The van der Waals surface area contributed by atoms with E-state index in [1.54, 1.807) is 0 Å². The van der Waals surface area contributed by atoms with Crippen molar-refractivity contribution < 1.29 is 17.9 Å². The van der Waals surface area contributed by atoms with Gasteiger partial charge in [0.25, 0.3) is 0 Å². The van der Waals surface area contributed by atoms with Gasteiger partial charge in [-0.2, -0.15) is 0 Å². The molecule has 0 aliphatic carbocycles. The Hall–Kier alpha value is -1.87. The second kappa shape index (κ2) is 7.87. The molecule has 0 saturated carbocycles. The van der Waals surface area contributed by atoms with Crippen LogP contribution in [0.3, 0.4) is 0 Å².